The molecule has 0 aliphatic carbocycles. The number of rotatable bonds is 26. The topological polar surface area (TPSA) is 309 Å². The molecule has 0 aromatic rings. The van der Waals surface area contributed by atoms with Crippen LogP contribution in [0.1, 0.15) is 521 Å². The second kappa shape index (κ2) is 66.4. The minimum Gasteiger partial charge on any atom is -0.465 e. The monoisotopic (exact) mass is 2030 g/mol. The van der Waals surface area contributed by atoms with Crippen molar-refractivity contribution in [2.75, 3.05) is 59.6 Å². The Morgan fingerprint density at radius 3 is 0.718 bits per heavy atom. The van der Waals surface area contributed by atoms with E-state index in [1.165, 1.54) is 0 Å². The van der Waals surface area contributed by atoms with Gasteiger partial charge in [0.25, 0.3) is 0 Å². The highest BCUT2D eigenvalue weighted by atomic mass is 16.7. The predicted octanol–water partition coefficient (Wildman–Crippen LogP) is 30.4. The molecule has 142 heavy (non-hydrogen) atoms. The number of Topliss-reactive ketones (excluding diaryl/α,β-unsaturated/α-hetero) is 7. The van der Waals surface area contributed by atoms with Gasteiger partial charge in [0.2, 0.25) is 5.91 Å². The van der Waals surface area contributed by atoms with Gasteiger partial charge in [-0.2, -0.15) is 0 Å². The molecule has 0 spiro atoms. The number of amides is 1. The van der Waals surface area contributed by atoms with Gasteiger partial charge in [0.05, 0.1) is 88.2 Å². The molecular weight excluding hydrogens is 1800 g/mol. The van der Waals surface area contributed by atoms with Crippen molar-refractivity contribution in [1.82, 2.24) is 5.32 Å². The van der Waals surface area contributed by atoms with Crippen LogP contribution in [0.4, 0.5) is 0 Å². The van der Waals surface area contributed by atoms with Gasteiger partial charge in [-0.25, -0.2) is 0 Å². The van der Waals surface area contributed by atoms with E-state index in [-0.39, 0.29) is 155 Å². The van der Waals surface area contributed by atoms with E-state index in [2.05, 4.69) is 67.6 Å². The van der Waals surface area contributed by atoms with Crippen LogP contribution in [-0.2, 0) is 105 Å². The molecule has 0 aromatic carbocycles. The molecule has 23 nitrogen and oxygen atoms in total. The zero-order valence-corrected chi connectivity index (χ0v) is 106. The molecular formula is C119H237NO22. The van der Waals surface area contributed by atoms with Gasteiger partial charge in [-0.05, 0) is 270 Å². The quantitative estimate of drug-likeness (QED) is 0.0364. The molecule has 0 atom stereocenters. The Balaban J connectivity index is -0.000000148. The summed E-state index contributed by atoms with van der Waals surface area (Å²) in [5.41, 5.74) is -4.34. The number of nitrogens with one attached hydrogen (secondary N) is 1. The van der Waals surface area contributed by atoms with Gasteiger partial charge >= 0.3 is 23.9 Å². The van der Waals surface area contributed by atoms with Gasteiger partial charge in [0, 0.05) is 88.5 Å². The number of ketones is 7. The Morgan fingerprint density at radius 1 is 0.190 bits per heavy atom. The van der Waals surface area contributed by atoms with E-state index in [1.54, 1.807) is 0 Å². The van der Waals surface area contributed by atoms with Gasteiger partial charge in [0.15, 0.2) is 18.4 Å². The fraction of sp³-hybridized carbons (Fsp3) is 0.899. The first kappa shape index (κ1) is 159. The van der Waals surface area contributed by atoms with E-state index in [0.29, 0.717) is 93.9 Å². The second-order valence-electron chi connectivity index (χ2n) is 59.9. The van der Waals surface area contributed by atoms with E-state index >= 15 is 0 Å². The van der Waals surface area contributed by atoms with Crippen molar-refractivity contribution in [3.05, 3.63) is 0 Å². The van der Waals surface area contributed by atoms with Gasteiger partial charge in [-0.3, -0.25) is 57.5 Å². The summed E-state index contributed by atoms with van der Waals surface area (Å²) < 4.78 is 52.8. The van der Waals surface area contributed by atoms with Crippen LogP contribution < -0.4 is 5.32 Å². The number of hydrogen-bond acceptors (Lipinski definition) is 22. The minimum absolute atomic E-state index is 0.0274. The lowest BCUT2D eigenvalue weighted by Gasteiger charge is -2.25. The fourth-order valence-electron chi connectivity index (χ4n) is 8.19. The molecule has 0 aliphatic rings. The van der Waals surface area contributed by atoms with E-state index < -0.39 is 27.1 Å². The van der Waals surface area contributed by atoms with Gasteiger partial charge in [-0.15, -0.1) is 0 Å². The van der Waals surface area contributed by atoms with E-state index in [4.69, 9.17) is 47.4 Å². The van der Waals surface area contributed by atoms with E-state index in [1.807, 2.05) is 395 Å². The maximum Gasteiger partial charge on any atom is 0.313 e. The summed E-state index contributed by atoms with van der Waals surface area (Å²) in [6.45, 7) is 132. The maximum absolute atomic E-state index is 11.6. The van der Waals surface area contributed by atoms with Crippen LogP contribution in [0.25, 0.3) is 0 Å². The third kappa shape index (κ3) is 123. The average molecular weight is 2030 g/mol. The van der Waals surface area contributed by atoms with Crippen LogP contribution in [0.15, 0.2) is 0 Å². The smallest absolute Gasteiger partial charge is 0.313 e. The molecule has 0 bridgehead atoms. The second-order valence-corrected chi connectivity index (χ2v) is 59.9. The molecule has 0 fully saturated rings. The molecule has 1 amide bonds. The van der Waals surface area contributed by atoms with Gasteiger partial charge in [0.1, 0.15) is 47.7 Å². The van der Waals surface area contributed by atoms with Crippen molar-refractivity contribution in [1.29, 1.82) is 0 Å². The highest BCUT2D eigenvalue weighted by Crippen LogP contribution is 2.31. The molecule has 0 aromatic heterocycles. The highest BCUT2D eigenvalue weighted by molar-refractivity contribution is 5.91. The molecule has 0 saturated heterocycles. The average Bonchev–Trinajstić information content (AvgIpc) is 0.883. The summed E-state index contributed by atoms with van der Waals surface area (Å²) in [4.78, 5) is 137. The number of esters is 4. The molecule has 1 N–H and O–H groups in total. The van der Waals surface area contributed by atoms with Crippen molar-refractivity contribution in [3.63, 3.8) is 0 Å². The Kier molecular flexibility index (Phi) is 74.5. The lowest BCUT2D eigenvalue weighted by molar-refractivity contribution is -0.176. The summed E-state index contributed by atoms with van der Waals surface area (Å²) in [5, 5.41) is 2.64. The Morgan fingerprint density at radius 2 is 0.458 bits per heavy atom. The van der Waals surface area contributed by atoms with Crippen molar-refractivity contribution in [3.8, 4) is 0 Å². The van der Waals surface area contributed by atoms with Crippen LogP contribution in [-0.4, -0.2) is 169 Å². The molecule has 0 heterocycles. The standard InChI is InChI=1S/C12H24O3.C12H24O2.C12H24O.C11H21NO2.C11H22O3.C11H22O2.C11H22O.C10H20O3.C10H20O2.C10H20O.C9H18O2/c1-11(2,3)10(13)14-8-7-9-15-12(4,5)6;1-11(2,3)10(13)8-7-9-14-12(4,5)6;1-11(2,3)9-7-8-10(13)12(4,5)6;1-10(2,3)8(13)7-12-9(14)11(4,5)6;1-10(2,3)9(12)13-7-8-14-11(4,5)6;1-10(2,3)9(12)7-8-13-11(4,5)6;1-10(2,3)8-7-9(12)11(4,5)6;1-9(2,3)8(11)12-7-13-10(4,5)6;1-9(2,3)8(11)7-12-10(4,5)6;1-9(2,3)7-8(11)10(4,5)6;1-8(2,3)7(10)11-9(4,5)6/h7-9H2,1-6H3;7-9H2,1-6H3;7-9H2,1-6H3;7H2,1-6H3,(H,12,14);7-8H2,1-6H3;7-8H2,1-6H3;7-8H2,1-6H3;7H2,1-6H3;7H2,1-6H3;7H2,1-6H3;1-6H3. The van der Waals surface area contributed by atoms with Crippen molar-refractivity contribution in [2.45, 2.75) is 560 Å². The molecule has 0 rings (SSSR count). The Bertz CT molecular complexity index is 3270. The number of hydrogen-bond donors (Lipinski definition) is 1. The van der Waals surface area contributed by atoms with Crippen molar-refractivity contribution < 1.29 is 105 Å². The normalized spacial score (nSPS) is 12.9. The molecule has 0 radical (unpaired) electrons. The number of carbonyl (C=O) groups is 12. The lowest BCUT2D eigenvalue weighted by Crippen LogP contribution is -2.40. The third-order valence-corrected chi connectivity index (χ3v) is 18.1. The first-order valence-corrected chi connectivity index (χ1v) is 51.9. The first-order chi connectivity index (χ1) is 61.3. The highest BCUT2D eigenvalue weighted by Gasteiger charge is 2.34. The molecule has 0 saturated carbocycles. The number of carbonyl (C=O) groups excluding carboxylic acids is 12. The van der Waals surface area contributed by atoms with Crippen LogP contribution in [0.5, 0.6) is 0 Å². The van der Waals surface area contributed by atoms with Gasteiger partial charge < -0.3 is 52.7 Å². The zero-order chi connectivity index (χ0) is 117. The SMILES string of the molecule is CC(C)(C)C(=O)CNC(=O)C(C)(C)C.CC(C)(C)CC(=O)C(C)(C)C.CC(C)(C)CCC(=O)C(C)(C)C.CC(C)(C)CCCC(=O)C(C)(C)C.CC(C)(C)OC(=O)C(C)(C)C.CC(C)(C)OCC(=O)C(C)(C)C.CC(C)(C)OCCC(=O)C(C)(C)C.CC(C)(C)OCCCC(=O)C(C)(C)C.CC(C)(C)OCCCOC(=O)C(C)(C)C.CC(C)(C)OCCOC(=O)C(C)(C)C.CC(C)(C)OCOC(=O)C(C)(C)C. The van der Waals surface area contributed by atoms with Crippen LogP contribution in [0.3, 0.4) is 0 Å². The summed E-state index contributed by atoms with van der Waals surface area (Å²) >= 11 is 0. The summed E-state index contributed by atoms with van der Waals surface area (Å²) in [7, 11) is 0. The van der Waals surface area contributed by atoms with Crippen LogP contribution in [0, 0.1) is 81.2 Å². The lowest BCUT2D eigenvalue weighted by atomic mass is 9.80. The molecule has 23 heteroatoms. The van der Waals surface area contributed by atoms with E-state index in [9.17, 15) is 57.5 Å². The Labute approximate surface area is 876 Å². The minimum atomic E-state index is -0.457. The molecule has 0 aliphatic heterocycles. The van der Waals surface area contributed by atoms with Crippen molar-refractivity contribution in [2.24, 2.45) is 81.2 Å². The maximum atomic E-state index is 11.6. The van der Waals surface area contributed by atoms with Crippen molar-refractivity contribution >= 4 is 70.3 Å². The molecule has 850 valence electrons. The van der Waals surface area contributed by atoms with E-state index in [0.717, 1.165) is 38.5 Å². The summed E-state index contributed by atoms with van der Waals surface area (Å²) in [5.74, 6) is 1.07. The first-order valence-electron chi connectivity index (χ1n) is 51.9. The number of ether oxygens (including phenoxy) is 10. The Hall–Kier alpha value is -5.20. The summed E-state index contributed by atoms with van der Waals surface area (Å²) in [6.07, 6.45) is 7.99. The third-order valence-electron chi connectivity index (χ3n) is 18.1. The predicted molar refractivity (Wildman–Crippen MR) is 594 cm³/mol. The van der Waals surface area contributed by atoms with Crippen LogP contribution in [0.2, 0.25) is 0 Å². The molecule has 0 unspecified atom stereocenters. The van der Waals surface area contributed by atoms with Gasteiger partial charge in [-0.1, -0.05) is 228 Å². The zero-order valence-electron chi connectivity index (χ0n) is 106. The van der Waals surface area contributed by atoms with Crippen LogP contribution >= 0.6 is 0 Å². The largest absolute Gasteiger partial charge is 0.465 e. The summed E-state index contributed by atoms with van der Waals surface area (Å²) in [6, 6.07) is 0. The fourth-order valence-corrected chi connectivity index (χ4v) is 8.19.